The normalized spacial score (nSPS) is 14.5. The predicted molar refractivity (Wildman–Crippen MR) is 83.4 cm³/mol. The van der Waals surface area contributed by atoms with E-state index in [4.69, 9.17) is 4.52 Å². The Morgan fingerprint density at radius 1 is 1.32 bits per heavy atom. The molecule has 116 valence electrons. The summed E-state index contributed by atoms with van der Waals surface area (Å²) in [5, 5.41) is 4.05. The van der Waals surface area contributed by atoms with Crippen molar-refractivity contribution in [1.82, 2.24) is 15.0 Å². The highest BCUT2D eigenvalue weighted by Gasteiger charge is 2.25. The summed E-state index contributed by atoms with van der Waals surface area (Å²) in [6.45, 7) is 5.08. The van der Waals surface area contributed by atoms with Crippen molar-refractivity contribution in [2.75, 3.05) is 13.1 Å². The molecule has 5 nitrogen and oxygen atoms in total. The smallest absolute Gasteiger partial charge is 0.241 e. The minimum Gasteiger partial charge on any atom is -0.338 e. The maximum Gasteiger partial charge on any atom is 0.241 e. The van der Waals surface area contributed by atoms with Crippen molar-refractivity contribution < 1.29 is 9.32 Å². The Kier molecular flexibility index (Phi) is 4.63. The molecule has 0 saturated heterocycles. The summed E-state index contributed by atoms with van der Waals surface area (Å²) < 4.78 is 5.38. The Balaban J connectivity index is 1.67. The van der Waals surface area contributed by atoms with Crippen molar-refractivity contribution in [2.24, 2.45) is 5.92 Å². The van der Waals surface area contributed by atoms with Crippen molar-refractivity contribution in [3.63, 3.8) is 0 Å². The van der Waals surface area contributed by atoms with Gasteiger partial charge in [0.25, 0.3) is 0 Å². The van der Waals surface area contributed by atoms with Crippen LogP contribution in [-0.2, 0) is 6.54 Å². The van der Waals surface area contributed by atoms with Gasteiger partial charge in [0.2, 0.25) is 11.7 Å². The second-order valence-corrected chi connectivity index (χ2v) is 5.93. The molecule has 3 rings (SSSR count). The first-order valence-corrected chi connectivity index (χ1v) is 7.89. The van der Waals surface area contributed by atoms with Crippen LogP contribution in [0.15, 0.2) is 28.8 Å². The van der Waals surface area contributed by atoms with Gasteiger partial charge in [-0.1, -0.05) is 36.3 Å². The van der Waals surface area contributed by atoms with Crippen molar-refractivity contribution in [3.8, 4) is 11.4 Å². The minimum absolute atomic E-state index is 0.579. The molecular weight excluding hydrogens is 278 g/mol. The second kappa shape index (κ2) is 6.83. The molecule has 0 radical (unpaired) electrons. The highest BCUT2D eigenvalue weighted by molar-refractivity contribution is 5.76. The van der Waals surface area contributed by atoms with Gasteiger partial charge in [-0.05, 0) is 31.7 Å². The zero-order valence-corrected chi connectivity index (χ0v) is 12.9. The van der Waals surface area contributed by atoms with Gasteiger partial charge in [-0.15, -0.1) is 0 Å². The van der Waals surface area contributed by atoms with Crippen LogP contribution < -0.4 is 0 Å². The molecule has 1 saturated carbocycles. The van der Waals surface area contributed by atoms with E-state index >= 15 is 0 Å². The molecule has 1 aromatic heterocycles. The van der Waals surface area contributed by atoms with Gasteiger partial charge in [-0.3, -0.25) is 9.69 Å². The lowest BCUT2D eigenvalue weighted by Gasteiger charge is -2.18. The summed E-state index contributed by atoms with van der Waals surface area (Å²) in [7, 11) is 0. The first-order chi connectivity index (χ1) is 10.8. The van der Waals surface area contributed by atoms with Crippen molar-refractivity contribution in [3.05, 3.63) is 35.7 Å². The number of carbonyl (C=O) groups excluding carboxylic acids is 1. The van der Waals surface area contributed by atoms with Gasteiger partial charge in [0.05, 0.1) is 6.54 Å². The van der Waals surface area contributed by atoms with Gasteiger partial charge in [-0.2, -0.15) is 4.98 Å². The number of aromatic nitrogens is 2. The Morgan fingerprint density at radius 2 is 2.09 bits per heavy atom. The van der Waals surface area contributed by atoms with Crippen LogP contribution in [-0.4, -0.2) is 34.4 Å². The molecule has 5 heteroatoms. The fourth-order valence-electron chi connectivity index (χ4n) is 2.56. The number of hydrogen-bond acceptors (Lipinski definition) is 5. The van der Waals surface area contributed by atoms with E-state index in [0.29, 0.717) is 23.8 Å². The lowest BCUT2D eigenvalue weighted by molar-refractivity contribution is 0.112. The van der Waals surface area contributed by atoms with Gasteiger partial charge < -0.3 is 4.52 Å². The highest BCUT2D eigenvalue weighted by atomic mass is 16.5. The molecule has 2 aromatic rings. The molecule has 0 N–H and O–H groups in total. The highest BCUT2D eigenvalue weighted by Crippen LogP contribution is 2.30. The summed E-state index contributed by atoms with van der Waals surface area (Å²) in [6, 6.07) is 7.20. The average molecular weight is 299 g/mol. The lowest BCUT2D eigenvalue weighted by atomic mass is 10.1. The first-order valence-electron chi connectivity index (χ1n) is 7.89. The zero-order chi connectivity index (χ0) is 15.4. The summed E-state index contributed by atoms with van der Waals surface area (Å²) >= 11 is 0. The Hall–Kier alpha value is -2.01. The molecule has 1 aliphatic rings. The number of carbonyl (C=O) groups is 1. The summed E-state index contributed by atoms with van der Waals surface area (Å²) in [5.41, 5.74) is 1.51. The summed E-state index contributed by atoms with van der Waals surface area (Å²) in [4.78, 5) is 17.6. The lowest BCUT2D eigenvalue weighted by Crippen LogP contribution is -2.26. The Labute approximate surface area is 130 Å². The molecule has 1 fully saturated rings. The van der Waals surface area contributed by atoms with Crippen LogP contribution in [0.5, 0.6) is 0 Å². The third-order valence-electron chi connectivity index (χ3n) is 3.89. The Morgan fingerprint density at radius 3 is 2.73 bits per heavy atom. The van der Waals surface area contributed by atoms with Crippen LogP contribution in [0.2, 0.25) is 0 Å². The monoisotopic (exact) mass is 299 g/mol. The number of nitrogens with zero attached hydrogens (tertiary/aromatic N) is 3. The fourth-order valence-corrected chi connectivity index (χ4v) is 2.56. The second-order valence-electron chi connectivity index (χ2n) is 5.93. The molecule has 0 bridgehead atoms. The van der Waals surface area contributed by atoms with Crippen LogP contribution in [0, 0.1) is 5.92 Å². The third-order valence-corrected chi connectivity index (χ3v) is 3.89. The molecule has 0 spiro atoms. The Bertz CT molecular complexity index is 617. The van der Waals surface area contributed by atoms with E-state index in [2.05, 4.69) is 22.0 Å². The van der Waals surface area contributed by atoms with Crippen molar-refractivity contribution in [2.45, 2.75) is 32.7 Å². The largest absolute Gasteiger partial charge is 0.338 e. The zero-order valence-electron chi connectivity index (χ0n) is 12.9. The van der Waals surface area contributed by atoms with E-state index in [0.717, 1.165) is 37.3 Å². The first kappa shape index (κ1) is 14.9. The molecule has 0 unspecified atom stereocenters. The SMILES string of the molecule is CCCN(Cc1nc(-c2ccc(C=O)cc2)no1)CC1CC1. The minimum atomic E-state index is 0.579. The molecule has 1 aliphatic carbocycles. The molecule has 0 amide bonds. The van der Waals surface area contributed by atoms with E-state index in [1.54, 1.807) is 12.1 Å². The van der Waals surface area contributed by atoms with Crippen molar-refractivity contribution in [1.29, 1.82) is 0 Å². The number of hydrogen-bond donors (Lipinski definition) is 0. The third kappa shape index (κ3) is 3.80. The van der Waals surface area contributed by atoms with E-state index in [1.807, 2.05) is 12.1 Å². The topological polar surface area (TPSA) is 59.2 Å². The van der Waals surface area contributed by atoms with Gasteiger partial charge in [0.1, 0.15) is 6.29 Å². The van der Waals surface area contributed by atoms with Crippen LogP contribution in [0.3, 0.4) is 0 Å². The maximum absolute atomic E-state index is 10.7. The van der Waals surface area contributed by atoms with Crippen LogP contribution in [0.25, 0.3) is 11.4 Å². The van der Waals surface area contributed by atoms with E-state index in [9.17, 15) is 4.79 Å². The van der Waals surface area contributed by atoms with Crippen LogP contribution in [0.4, 0.5) is 0 Å². The van der Waals surface area contributed by atoms with Gasteiger partial charge in [0.15, 0.2) is 0 Å². The van der Waals surface area contributed by atoms with Gasteiger partial charge in [-0.25, -0.2) is 0 Å². The van der Waals surface area contributed by atoms with Crippen LogP contribution >= 0.6 is 0 Å². The number of benzene rings is 1. The molecule has 0 aliphatic heterocycles. The van der Waals surface area contributed by atoms with E-state index < -0.39 is 0 Å². The standard InChI is InChI=1S/C17H21N3O2/c1-2-9-20(10-13-3-4-13)11-16-18-17(19-22-16)15-7-5-14(12-21)6-8-15/h5-8,12-13H,2-4,9-11H2,1H3. The number of rotatable bonds is 8. The average Bonchev–Trinajstić information content (AvgIpc) is 3.23. The van der Waals surface area contributed by atoms with Crippen LogP contribution in [0.1, 0.15) is 42.4 Å². The van der Waals surface area contributed by atoms with E-state index in [1.165, 1.54) is 12.8 Å². The molecule has 1 heterocycles. The van der Waals surface area contributed by atoms with E-state index in [-0.39, 0.29) is 0 Å². The van der Waals surface area contributed by atoms with Gasteiger partial charge >= 0.3 is 0 Å². The van der Waals surface area contributed by atoms with Crippen molar-refractivity contribution >= 4 is 6.29 Å². The number of aldehydes is 1. The molecule has 22 heavy (non-hydrogen) atoms. The molecule has 1 aromatic carbocycles. The summed E-state index contributed by atoms with van der Waals surface area (Å²) in [5.74, 6) is 2.09. The molecular formula is C17H21N3O2. The molecule has 0 atom stereocenters. The quantitative estimate of drug-likeness (QED) is 0.701. The fraction of sp³-hybridized carbons (Fsp3) is 0.471. The van der Waals surface area contributed by atoms with Gasteiger partial charge in [0, 0.05) is 17.7 Å². The summed E-state index contributed by atoms with van der Waals surface area (Å²) in [6.07, 6.45) is 4.64. The maximum atomic E-state index is 10.7. The predicted octanol–water partition coefficient (Wildman–Crippen LogP) is 3.17.